The zero-order valence-corrected chi connectivity index (χ0v) is 18.2. The lowest BCUT2D eigenvalue weighted by Gasteiger charge is -2.31. The second kappa shape index (κ2) is 9.60. The molecule has 0 unspecified atom stereocenters. The number of methoxy groups -OCH3 is 1. The van der Waals surface area contributed by atoms with Gasteiger partial charge >= 0.3 is 0 Å². The molecule has 8 nitrogen and oxygen atoms in total. The zero-order valence-electron chi connectivity index (χ0n) is 18.2. The highest BCUT2D eigenvalue weighted by Crippen LogP contribution is 2.41. The number of carbonyl (C=O) groups excluding carboxylic acids is 2. The summed E-state index contributed by atoms with van der Waals surface area (Å²) in [6.45, 7) is 3.28. The largest absolute Gasteiger partial charge is 0.507 e. The second-order valence-corrected chi connectivity index (χ2v) is 7.88. The van der Waals surface area contributed by atoms with Crippen LogP contribution < -0.4 is 4.74 Å². The number of hydrogen-bond acceptors (Lipinski definition) is 7. The van der Waals surface area contributed by atoms with Crippen LogP contribution in [0.3, 0.4) is 0 Å². The van der Waals surface area contributed by atoms with E-state index >= 15 is 0 Å². The van der Waals surface area contributed by atoms with Crippen molar-refractivity contribution < 1.29 is 33.7 Å². The van der Waals surface area contributed by atoms with Crippen molar-refractivity contribution in [3.8, 4) is 11.5 Å². The lowest BCUT2D eigenvalue weighted by molar-refractivity contribution is -0.140. The number of ether oxygens (including phenoxy) is 2. The number of nitrogens with zero attached hydrogens (tertiary/aromatic N) is 2. The van der Waals surface area contributed by atoms with Gasteiger partial charge in [0.2, 0.25) is 0 Å². The first kappa shape index (κ1) is 22.8. The smallest absolute Gasteiger partial charge is 0.295 e. The molecule has 2 aliphatic rings. The summed E-state index contributed by atoms with van der Waals surface area (Å²) >= 11 is 0. The fraction of sp³-hybridized carbons (Fsp3) is 0.333. The third kappa shape index (κ3) is 4.55. The van der Waals surface area contributed by atoms with Gasteiger partial charge < -0.3 is 24.6 Å². The van der Waals surface area contributed by atoms with Crippen LogP contribution in [0.5, 0.6) is 11.5 Å². The van der Waals surface area contributed by atoms with E-state index in [4.69, 9.17) is 9.47 Å². The van der Waals surface area contributed by atoms with E-state index in [1.165, 1.54) is 48.4 Å². The van der Waals surface area contributed by atoms with Crippen molar-refractivity contribution in [1.29, 1.82) is 0 Å². The number of ketones is 1. The minimum atomic E-state index is -0.997. The van der Waals surface area contributed by atoms with Crippen LogP contribution in [0.15, 0.2) is 48.0 Å². The first-order chi connectivity index (χ1) is 15.9. The highest BCUT2D eigenvalue weighted by atomic mass is 19.1. The third-order valence-corrected chi connectivity index (χ3v) is 5.93. The molecule has 2 aromatic rings. The maximum absolute atomic E-state index is 14.1. The normalized spacial score (nSPS) is 20.9. The van der Waals surface area contributed by atoms with Gasteiger partial charge in [-0.3, -0.25) is 14.5 Å². The number of rotatable bonds is 6. The fourth-order valence-electron chi connectivity index (χ4n) is 4.19. The maximum atomic E-state index is 14.1. The molecule has 0 spiro atoms. The predicted octanol–water partition coefficient (Wildman–Crippen LogP) is 2.29. The zero-order chi connectivity index (χ0) is 23.5. The van der Waals surface area contributed by atoms with Crippen LogP contribution in [-0.2, 0) is 14.3 Å². The van der Waals surface area contributed by atoms with Crippen molar-refractivity contribution in [3.05, 3.63) is 65.0 Å². The Bertz CT molecular complexity index is 1100. The topological polar surface area (TPSA) is 99.5 Å². The Hall–Kier alpha value is -3.43. The first-order valence-electron chi connectivity index (χ1n) is 10.6. The molecule has 174 valence electrons. The lowest BCUT2D eigenvalue weighted by Crippen LogP contribution is -2.42. The summed E-state index contributed by atoms with van der Waals surface area (Å²) in [6.07, 6.45) is 0. The Kier molecular flexibility index (Phi) is 6.62. The Labute approximate surface area is 190 Å². The van der Waals surface area contributed by atoms with E-state index in [1.54, 1.807) is 6.07 Å². The van der Waals surface area contributed by atoms with Crippen LogP contribution in [0.1, 0.15) is 17.2 Å². The molecule has 0 bridgehead atoms. The molecule has 0 saturated carbocycles. The average Bonchev–Trinajstić information content (AvgIpc) is 3.07. The minimum Gasteiger partial charge on any atom is -0.507 e. The van der Waals surface area contributed by atoms with Gasteiger partial charge in [0.15, 0.2) is 0 Å². The summed E-state index contributed by atoms with van der Waals surface area (Å²) in [6, 6.07) is 8.79. The van der Waals surface area contributed by atoms with Gasteiger partial charge in [-0.05, 0) is 29.8 Å². The number of benzene rings is 2. The van der Waals surface area contributed by atoms with Crippen molar-refractivity contribution >= 4 is 17.4 Å². The Balaban J connectivity index is 1.76. The van der Waals surface area contributed by atoms with E-state index in [0.29, 0.717) is 44.2 Å². The number of phenols is 1. The van der Waals surface area contributed by atoms with Crippen LogP contribution in [0.25, 0.3) is 5.76 Å². The molecule has 33 heavy (non-hydrogen) atoms. The lowest BCUT2D eigenvalue weighted by atomic mass is 9.95. The second-order valence-electron chi connectivity index (χ2n) is 7.88. The monoisotopic (exact) mass is 456 g/mol. The number of aliphatic hydroxyl groups excluding tert-OH is 1. The molecule has 2 saturated heterocycles. The summed E-state index contributed by atoms with van der Waals surface area (Å²) < 4.78 is 24.5. The number of phenolic OH excluding ortho intramolecular Hbond substituents is 1. The predicted molar refractivity (Wildman–Crippen MR) is 117 cm³/mol. The van der Waals surface area contributed by atoms with Gasteiger partial charge in [-0.25, -0.2) is 4.39 Å². The first-order valence-corrected chi connectivity index (χ1v) is 10.6. The Morgan fingerprint density at radius 3 is 2.58 bits per heavy atom. The molecule has 4 rings (SSSR count). The summed E-state index contributed by atoms with van der Waals surface area (Å²) in [5.41, 5.74) is 0.127. The quantitative estimate of drug-likeness (QED) is 0.391. The maximum Gasteiger partial charge on any atom is 0.295 e. The van der Waals surface area contributed by atoms with Crippen LogP contribution in [-0.4, -0.2) is 78.2 Å². The van der Waals surface area contributed by atoms with Gasteiger partial charge in [-0.1, -0.05) is 12.1 Å². The number of aromatic hydroxyl groups is 1. The molecule has 0 aliphatic carbocycles. The molecule has 9 heteroatoms. The highest BCUT2D eigenvalue weighted by Gasteiger charge is 2.46. The van der Waals surface area contributed by atoms with Crippen molar-refractivity contribution in [3.63, 3.8) is 0 Å². The molecule has 0 radical (unpaired) electrons. The molecule has 2 aliphatic heterocycles. The van der Waals surface area contributed by atoms with Crippen LogP contribution >= 0.6 is 0 Å². The summed E-state index contributed by atoms with van der Waals surface area (Å²) in [7, 11) is 1.43. The Morgan fingerprint density at radius 2 is 1.91 bits per heavy atom. The van der Waals surface area contributed by atoms with Crippen LogP contribution in [0, 0.1) is 5.82 Å². The number of morpholine rings is 1. The summed E-state index contributed by atoms with van der Waals surface area (Å²) in [5.74, 6) is -2.69. The number of aliphatic hydroxyl groups is 1. The van der Waals surface area contributed by atoms with E-state index in [-0.39, 0.29) is 23.4 Å². The molecule has 2 aromatic carbocycles. The number of likely N-dealkylation sites (tertiary alicyclic amines) is 1. The van der Waals surface area contributed by atoms with Gasteiger partial charge in [0.05, 0.1) is 37.5 Å². The molecule has 2 fully saturated rings. The molecule has 1 atom stereocenters. The number of halogens is 1. The fourth-order valence-corrected chi connectivity index (χ4v) is 4.19. The SMILES string of the molecule is COc1ccc(C(O)=C2C(=O)C(=O)N(CCN3CCOCC3)[C@@H]2c2cccc(F)c2)c(O)c1. The van der Waals surface area contributed by atoms with Gasteiger partial charge in [-0.2, -0.15) is 0 Å². The van der Waals surface area contributed by atoms with Gasteiger partial charge in [-0.15, -0.1) is 0 Å². The standard InChI is InChI=1S/C24H25FN2O6/c1-32-17-5-6-18(19(28)14-17)22(29)20-21(15-3-2-4-16(25)13-15)27(24(31)23(20)30)8-7-26-9-11-33-12-10-26/h2-6,13-14,21,28-29H,7-12H2,1H3/t21-/m1/s1. The van der Waals surface area contributed by atoms with Crippen LogP contribution in [0.4, 0.5) is 4.39 Å². The van der Waals surface area contributed by atoms with Crippen molar-refractivity contribution in [2.45, 2.75) is 6.04 Å². The Morgan fingerprint density at radius 1 is 1.15 bits per heavy atom. The molecule has 1 amide bonds. The van der Waals surface area contributed by atoms with Crippen molar-refractivity contribution in [2.24, 2.45) is 0 Å². The molecular weight excluding hydrogens is 431 g/mol. The number of Topliss-reactive ketones (excluding diaryl/α,β-unsaturated/α-hetero) is 1. The van der Waals surface area contributed by atoms with Gasteiger partial charge in [0.25, 0.3) is 11.7 Å². The number of carbonyl (C=O) groups is 2. The van der Waals surface area contributed by atoms with E-state index in [9.17, 15) is 24.2 Å². The summed E-state index contributed by atoms with van der Waals surface area (Å²) in [4.78, 5) is 29.5. The van der Waals surface area contributed by atoms with Gasteiger partial charge in [0.1, 0.15) is 23.1 Å². The average molecular weight is 456 g/mol. The minimum absolute atomic E-state index is 0.0246. The summed E-state index contributed by atoms with van der Waals surface area (Å²) in [5, 5.41) is 21.4. The third-order valence-electron chi connectivity index (χ3n) is 5.93. The van der Waals surface area contributed by atoms with E-state index in [1.807, 2.05) is 0 Å². The van der Waals surface area contributed by atoms with E-state index < -0.39 is 29.3 Å². The van der Waals surface area contributed by atoms with E-state index in [2.05, 4.69) is 4.90 Å². The number of hydrogen-bond donors (Lipinski definition) is 2. The van der Waals surface area contributed by atoms with Crippen molar-refractivity contribution in [1.82, 2.24) is 9.80 Å². The number of amides is 1. The van der Waals surface area contributed by atoms with Crippen molar-refractivity contribution in [2.75, 3.05) is 46.5 Å². The van der Waals surface area contributed by atoms with Crippen LogP contribution in [0.2, 0.25) is 0 Å². The van der Waals surface area contributed by atoms with Gasteiger partial charge in [0, 0.05) is 32.2 Å². The molecule has 2 N–H and O–H groups in total. The molecule has 2 heterocycles. The van der Waals surface area contributed by atoms with E-state index in [0.717, 1.165) is 0 Å². The highest BCUT2D eigenvalue weighted by molar-refractivity contribution is 6.46. The molecular formula is C24H25FN2O6. The molecule has 0 aromatic heterocycles.